The molecule has 4 atom stereocenters. The summed E-state index contributed by atoms with van der Waals surface area (Å²) in [6, 6.07) is 0.402. The molecule has 4 bridgehead atoms. The van der Waals surface area contributed by atoms with Crippen LogP contribution in [0.1, 0.15) is 71.1 Å². The third kappa shape index (κ3) is 2.32. The Morgan fingerprint density at radius 3 is 2.38 bits per heavy atom. The summed E-state index contributed by atoms with van der Waals surface area (Å²) < 4.78 is 0. The number of nitrogens with two attached hydrogens (primary N) is 1. The van der Waals surface area contributed by atoms with E-state index >= 15 is 0 Å². The van der Waals surface area contributed by atoms with E-state index in [-0.39, 0.29) is 17.5 Å². The minimum absolute atomic E-state index is 0.0456. The molecule has 21 heavy (non-hydrogen) atoms. The highest BCUT2D eigenvalue weighted by molar-refractivity contribution is 5.83. The quantitative estimate of drug-likeness (QED) is 0.821. The molecule has 0 aliphatic heterocycles. The molecule has 3 nitrogen and oxygen atoms in total. The van der Waals surface area contributed by atoms with Gasteiger partial charge in [-0.3, -0.25) is 4.79 Å². The molecule has 118 valence electrons. The topological polar surface area (TPSA) is 55.1 Å². The predicted octanol–water partition coefficient (Wildman–Crippen LogP) is 2.98. The minimum Gasteiger partial charge on any atom is -0.351 e. The summed E-state index contributed by atoms with van der Waals surface area (Å²) in [5, 5.41) is 3.38. The number of amides is 1. The molecule has 0 radical (unpaired) electrons. The van der Waals surface area contributed by atoms with Crippen LogP contribution in [0.15, 0.2) is 0 Å². The lowest BCUT2D eigenvalue weighted by Gasteiger charge is -2.60. The van der Waals surface area contributed by atoms with Crippen molar-refractivity contribution in [1.29, 1.82) is 0 Å². The molecule has 0 saturated heterocycles. The second-order valence-corrected chi connectivity index (χ2v) is 9.08. The maximum Gasteiger partial charge on any atom is 0.226 e. The van der Waals surface area contributed by atoms with Crippen molar-refractivity contribution in [1.82, 2.24) is 5.32 Å². The van der Waals surface area contributed by atoms with Gasteiger partial charge in [-0.25, -0.2) is 0 Å². The Labute approximate surface area is 128 Å². The Kier molecular flexibility index (Phi) is 3.15. The van der Waals surface area contributed by atoms with E-state index in [1.807, 2.05) is 0 Å². The lowest BCUT2D eigenvalue weighted by molar-refractivity contribution is -0.156. The van der Waals surface area contributed by atoms with Crippen molar-refractivity contribution in [2.45, 2.75) is 83.2 Å². The Morgan fingerprint density at radius 1 is 1.10 bits per heavy atom. The maximum absolute atomic E-state index is 13.1. The molecule has 2 unspecified atom stereocenters. The average Bonchev–Trinajstić information content (AvgIpc) is 2.38. The van der Waals surface area contributed by atoms with Crippen molar-refractivity contribution in [3.63, 3.8) is 0 Å². The monoisotopic (exact) mass is 290 g/mol. The molecule has 5 fully saturated rings. The van der Waals surface area contributed by atoms with Crippen LogP contribution in [0.2, 0.25) is 0 Å². The van der Waals surface area contributed by atoms with Crippen LogP contribution in [0.4, 0.5) is 0 Å². The summed E-state index contributed by atoms with van der Waals surface area (Å²) in [5.41, 5.74) is 6.62. The molecule has 1 amide bonds. The van der Waals surface area contributed by atoms with E-state index in [0.29, 0.717) is 11.3 Å². The van der Waals surface area contributed by atoms with Crippen LogP contribution < -0.4 is 11.1 Å². The van der Waals surface area contributed by atoms with E-state index in [4.69, 9.17) is 5.73 Å². The number of nitrogens with one attached hydrogen (secondary N) is 1. The fourth-order valence-electron chi connectivity index (χ4n) is 6.65. The fraction of sp³-hybridized carbons (Fsp3) is 0.944. The van der Waals surface area contributed by atoms with Gasteiger partial charge in [0.05, 0.1) is 5.41 Å². The van der Waals surface area contributed by atoms with Gasteiger partial charge in [-0.15, -0.1) is 0 Å². The lowest BCUT2D eigenvalue weighted by atomic mass is 9.44. The molecule has 5 saturated carbocycles. The second kappa shape index (κ2) is 4.71. The molecule has 0 spiro atoms. The van der Waals surface area contributed by atoms with Crippen LogP contribution in [-0.2, 0) is 4.79 Å². The van der Waals surface area contributed by atoms with Crippen LogP contribution in [0.5, 0.6) is 0 Å². The van der Waals surface area contributed by atoms with Crippen molar-refractivity contribution in [2.75, 3.05) is 0 Å². The average molecular weight is 290 g/mol. The number of hydrogen-bond donors (Lipinski definition) is 2. The molecular formula is C18H30N2O. The van der Waals surface area contributed by atoms with Crippen LogP contribution in [0, 0.1) is 22.7 Å². The highest BCUT2D eigenvalue weighted by atomic mass is 16.2. The van der Waals surface area contributed by atoms with Gasteiger partial charge in [0.15, 0.2) is 0 Å². The first-order chi connectivity index (χ1) is 9.98. The van der Waals surface area contributed by atoms with Gasteiger partial charge in [-0.2, -0.15) is 0 Å². The Hall–Kier alpha value is -0.570. The molecule has 5 aliphatic carbocycles. The van der Waals surface area contributed by atoms with Gasteiger partial charge in [0.1, 0.15) is 0 Å². The first-order valence-corrected chi connectivity index (χ1v) is 9.05. The van der Waals surface area contributed by atoms with E-state index in [2.05, 4.69) is 12.2 Å². The minimum atomic E-state index is -0.0456. The van der Waals surface area contributed by atoms with Gasteiger partial charge in [-0.05, 0) is 68.6 Å². The summed E-state index contributed by atoms with van der Waals surface area (Å²) in [5.74, 6) is 1.97. The largest absolute Gasteiger partial charge is 0.351 e. The normalized spacial score (nSPS) is 51.9. The SMILES string of the molecule is CC12CC3CC(C1)CC(C(=O)N[C@@H]1CCCC[C@H]1N)(C3)C2. The zero-order valence-electron chi connectivity index (χ0n) is 13.4. The standard InChI is InChI=1S/C18H30N2O/c1-17-7-12-6-13(8-17)10-18(9-12,11-17)16(21)20-15-5-3-2-4-14(15)19/h12-15H,2-11,19H2,1H3,(H,20,21)/t12?,13?,14-,15-,17?,18?/m1/s1. The summed E-state index contributed by atoms with van der Waals surface area (Å²) in [4.78, 5) is 13.1. The molecule has 5 aliphatic rings. The van der Waals surface area contributed by atoms with Gasteiger partial charge in [0.25, 0.3) is 0 Å². The van der Waals surface area contributed by atoms with Gasteiger partial charge in [0, 0.05) is 12.1 Å². The van der Waals surface area contributed by atoms with Crippen LogP contribution >= 0.6 is 0 Å². The van der Waals surface area contributed by atoms with Gasteiger partial charge >= 0.3 is 0 Å². The van der Waals surface area contributed by atoms with E-state index in [0.717, 1.165) is 43.9 Å². The van der Waals surface area contributed by atoms with Gasteiger partial charge < -0.3 is 11.1 Å². The van der Waals surface area contributed by atoms with Crippen molar-refractivity contribution < 1.29 is 4.79 Å². The summed E-state index contributed by atoms with van der Waals surface area (Å²) in [6.45, 7) is 2.43. The molecular weight excluding hydrogens is 260 g/mol. The first kappa shape index (κ1) is 14.0. The van der Waals surface area contributed by atoms with E-state index in [9.17, 15) is 4.79 Å². The van der Waals surface area contributed by atoms with Crippen LogP contribution in [0.25, 0.3) is 0 Å². The maximum atomic E-state index is 13.1. The number of hydrogen-bond acceptors (Lipinski definition) is 2. The second-order valence-electron chi connectivity index (χ2n) is 9.08. The Balaban J connectivity index is 1.51. The molecule has 0 heterocycles. The van der Waals surface area contributed by atoms with Crippen molar-refractivity contribution >= 4 is 5.91 Å². The zero-order chi connectivity index (χ0) is 14.7. The lowest BCUT2D eigenvalue weighted by Crippen LogP contribution is -2.60. The highest BCUT2D eigenvalue weighted by Gasteiger charge is 2.59. The van der Waals surface area contributed by atoms with E-state index in [1.165, 1.54) is 32.1 Å². The van der Waals surface area contributed by atoms with Crippen molar-refractivity contribution in [3.05, 3.63) is 0 Å². The van der Waals surface area contributed by atoms with Crippen molar-refractivity contribution in [3.8, 4) is 0 Å². The molecule has 0 aromatic heterocycles. The van der Waals surface area contributed by atoms with Gasteiger partial charge in [-0.1, -0.05) is 19.8 Å². The zero-order valence-corrected chi connectivity index (χ0v) is 13.4. The van der Waals surface area contributed by atoms with Crippen molar-refractivity contribution in [2.24, 2.45) is 28.4 Å². The van der Waals surface area contributed by atoms with E-state index < -0.39 is 0 Å². The fourth-order valence-corrected chi connectivity index (χ4v) is 6.65. The molecule has 5 rings (SSSR count). The number of carbonyl (C=O) groups excluding carboxylic acids is 1. The van der Waals surface area contributed by atoms with E-state index in [1.54, 1.807) is 0 Å². The molecule has 0 aromatic rings. The molecule has 3 heteroatoms. The predicted molar refractivity (Wildman–Crippen MR) is 83.6 cm³/mol. The third-order valence-electron chi connectivity index (χ3n) is 6.97. The number of carbonyl (C=O) groups is 1. The molecule has 0 aromatic carbocycles. The summed E-state index contributed by atoms with van der Waals surface area (Å²) in [6.07, 6.45) is 12.1. The summed E-state index contributed by atoms with van der Waals surface area (Å²) in [7, 11) is 0. The summed E-state index contributed by atoms with van der Waals surface area (Å²) >= 11 is 0. The van der Waals surface area contributed by atoms with Crippen LogP contribution in [0.3, 0.4) is 0 Å². The van der Waals surface area contributed by atoms with Gasteiger partial charge in [0.2, 0.25) is 5.91 Å². The third-order valence-corrected chi connectivity index (χ3v) is 6.97. The Morgan fingerprint density at radius 2 is 1.76 bits per heavy atom. The smallest absolute Gasteiger partial charge is 0.226 e. The molecule has 3 N–H and O–H groups in total. The Bertz CT molecular complexity index is 432. The number of rotatable bonds is 2. The first-order valence-electron chi connectivity index (χ1n) is 9.05. The van der Waals surface area contributed by atoms with Crippen LogP contribution in [-0.4, -0.2) is 18.0 Å². The highest BCUT2D eigenvalue weighted by Crippen LogP contribution is 2.65.